The van der Waals surface area contributed by atoms with E-state index in [1.165, 1.54) is 5.56 Å². The van der Waals surface area contributed by atoms with Crippen LogP contribution in [0.15, 0.2) is 48.5 Å². The van der Waals surface area contributed by atoms with E-state index in [1.807, 2.05) is 36.2 Å². The molecule has 2 aromatic carbocycles. The molecule has 0 aromatic heterocycles. The van der Waals surface area contributed by atoms with Gasteiger partial charge in [-0.25, -0.2) is 0 Å². The van der Waals surface area contributed by atoms with Crippen molar-refractivity contribution in [3.05, 3.63) is 65.2 Å². The maximum absolute atomic E-state index is 12.1. The molecule has 0 radical (unpaired) electrons. The van der Waals surface area contributed by atoms with Gasteiger partial charge in [-0.2, -0.15) is 0 Å². The van der Waals surface area contributed by atoms with E-state index in [1.54, 1.807) is 19.2 Å². The van der Waals surface area contributed by atoms with Crippen molar-refractivity contribution in [2.75, 3.05) is 33.8 Å². The van der Waals surface area contributed by atoms with Gasteiger partial charge in [0, 0.05) is 19.2 Å². The first-order valence-electron chi connectivity index (χ1n) is 10.2. The Morgan fingerprint density at radius 3 is 2.20 bits per heavy atom. The van der Waals surface area contributed by atoms with E-state index in [2.05, 4.69) is 43.5 Å². The van der Waals surface area contributed by atoms with Crippen LogP contribution in [0.1, 0.15) is 42.3 Å². The standard InChI is InChI=1S/C24H33N3O3/c1-24(2,3)20-10-12-21(13-11-20)30-15-14-26-22(28)17-27(5)16-18-6-8-19(9-7-18)23(29)25-4/h6-13H,14-17H2,1-5H3,(H,25,29)(H,26,28). The van der Waals surface area contributed by atoms with Gasteiger partial charge in [-0.05, 0) is 47.9 Å². The van der Waals surface area contributed by atoms with Crippen molar-refractivity contribution in [1.82, 2.24) is 15.5 Å². The summed E-state index contributed by atoms with van der Waals surface area (Å²) in [6, 6.07) is 15.4. The zero-order chi connectivity index (χ0) is 22.1. The third-order valence-electron chi connectivity index (χ3n) is 4.72. The number of hydrogen-bond donors (Lipinski definition) is 2. The van der Waals surface area contributed by atoms with Gasteiger partial charge >= 0.3 is 0 Å². The average Bonchev–Trinajstić information content (AvgIpc) is 2.70. The Bertz CT molecular complexity index is 824. The number of amides is 2. The van der Waals surface area contributed by atoms with Crippen LogP contribution in [0.25, 0.3) is 0 Å². The minimum Gasteiger partial charge on any atom is -0.492 e. The van der Waals surface area contributed by atoms with Crippen molar-refractivity contribution in [1.29, 1.82) is 0 Å². The van der Waals surface area contributed by atoms with E-state index < -0.39 is 0 Å². The van der Waals surface area contributed by atoms with Crippen LogP contribution in [0.2, 0.25) is 0 Å². The number of likely N-dealkylation sites (N-methyl/N-ethyl adjacent to an activating group) is 1. The summed E-state index contributed by atoms with van der Waals surface area (Å²) in [7, 11) is 3.50. The quantitative estimate of drug-likeness (QED) is 0.623. The highest BCUT2D eigenvalue weighted by Crippen LogP contribution is 2.24. The van der Waals surface area contributed by atoms with Crippen molar-refractivity contribution >= 4 is 11.8 Å². The van der Waals surface area contributed by atoms with Crippen molar-refractivity contribution in [3.8, 4) is 5.75 Å². The Hall–Kier alpha value is -2.86. The molecule has 0 aliphatic heterocycles. The van der Waals surface area contributed by atoms with Crippen LogP contribution in [0.4, 0.5) is 0 Å². The second-order valence-corrected chi connectivity index (χ2v) is 8.42. The predicted molar refractivity (Wildman–Crippen MR) is 120 cm³/mol. The van der Waals surface area contributed by atoms with Gasteiger partial charge in [-0.1, -0.05) is 45.0 Å². The Balaban J connectivity index is 1.68. The van der Waals surface area contributed by atoms with Crippen molar-refractivity contribution in [3.63, 3.8) is 0 Å². The molecule has 162 valence electrons. The number of nitrogens with one attached hydrogen (secondary N) is 2. The minimum atomic E-state index is -0.110. The van der Waals surface area contributed by atoms with Gasteiger partial charge in [0.25, 0.3) is 5.91 Å². The number of rotatable bonds is 9. The van der Waals surface area contributed by atoms with Gasteiger partial charge in [0.2, 0.25) is 5.91 Å². The van der Waals surface area contributed by atoms with E-state index in [0.717, 1.165) is 11.3 Å². The lowest BCUT2D eigenvalue weighted by atomic mass is 9.87. The lowest BCUT2D eigenvalue weighted by molar-refractivity contribution is -0.122. The van der Waals surface area contributed by atoms with Gasteiger partial charge < -0.3 is 15.4 Å². The highest BCUT2D eigenvalue weighted by atomic mass is 16.5. The number of ether oxygens (including phenoxy) is 1. The molecule has 0 saturated heterocycles. The molecule has 0 aliphatic carbocycles. The van der Waals surface area contributed by atoms with Crippen LogP contribution in [0, 0.1) is 0 Å². The molecule has 30 heavy (non-hydrogen) atoms. The molecule has 2 amide bonds. The molecule has 0 bridgehead atoms. The fourth-order valence-electron chi connectivity index (χ4n) is 2.98. The van der Waals surface area contributed by atoms with E-state index in [0.29, 0.717) is 25.3 Å². The van der Waals surface area contributed by atoms with Gasteiger partial charge in [0.1, 0.15) is 12.4 Å². The number of hydrogen-bond acceptors (Lipinski definition) is 4. The second kappa shape index (κ2) is 10.8. The summed E-state index contributed by atoms with van der Waals surface area (Å²) in [6.07, 6.45) is 0. The van der Waals surface area contributed by atoms with E-state index in [9.17, 15) is 9.59 Å². The largest absolute Gasteiger partial charge is 0.492 e. The molecule has 6 nitrogen and oxygen atoms in total. The minimum absolute atomic E-state index is 0.0499. The fraction of sp³-hybridized carbons (Fsp3) is 0.417. The molecular weight excluding hydrogens is 378 g/mol. The Morgan fingerprint density at radius 1 is 1.00 bits per heavy atom. The molecule has 0 unspecified atom stereocenters. The molecule has 0 spiro atoms. The fourth-order valence-corrected chi connectivity index (χ4v) is 2.98. The first kappa shape index (κ1) is 23.4. The monoisotopic (exact) mass is 411 g/mol. The van der Waals surface area contributed by atoms with Gasteiger partial charge in [-0.15, -0.1) is 0 Å². The summed E-state index contributed by atoms with van der Waals surface area (Å²) in [4.78, 5) is 25.6. The topological polar surface area (TPSA) is 70.7 Å². The Morgan fingerprint density at radius 2 is 1.63 bits per heavy atom. The summed E-state index contributed by atoms with van der Waals surface area (Å²) in [5.41, 5.74) is 3.04. The van der Waals surface area contributed by atoms with Gasteiger partial charge in [0.05, 0.1) is 13.1 Å². The third kappa shape index (κ3) is 7.52. The van der Waals surface area contributed by atoms with Crippen molar-refractivity contribution in [2.45, 2.75) is 32.7 Å². The first-order chi connectivity index (χ1) is 14.2. The molecule has 0 fully saturated rings. The number of benzene rings is 2. The number of carbonyl (C=O) groups is 2. The maximum atomic E-state index is 12.1. The van der Waals surface area contributed by atoms with Crippen molar-refractivity contribution < 1.29 is 14.3 Å². The predicted octanol–water partition coefficient (Wildman–Crippen LogP) is 2.97. The van der Waals surface area contributed by atoms with Crippen LogP contribution in [-0.2, 0) is 16.8 Å². The summed E-state index contributed by atoms with van der Waals surface area (Å²) < 4.78 is 5.70. The average molecular weight is 412 g/mol. The van der Waals surface area contributed by atoms with E-state index in [4.69, 9.17) is 4.74 Å². The zero-order valence-corrected chi connectivity index (χ0v) is 18.6. The summed E-state index contributed by atoms with van der Waals surface area (Å²) >= 11 is 0. The van der Waals surface area contributed by atoms with Gasteiger partial charge in [0.15, 0.2) is 0 Å². The lowest BCUT2D eigenvalue weighted by Gasteiger charge is -2.19. The third-order valence-corrected chi connectivity index (χ3v) is 4.72. The van der Waals surface area contributed by atoms with Crippen LogP contribution in [0.3, 0.4) is 0 Å². The van der Waals surface area contributed by atoms with Crippen LogP contribution in [-0.4, -0.2) is 50.5 Å². The second-order valence-electron chi connectivity index (χ2n) is 8.42. The summed E-state index contributed by atoms with van der Waals surface area (Å²) in [5.74, 6) is 0.641. The van der Waals surface area contributed by atoms with Crippen LogP contribution < -0.4 is 15.4 Å². The molecule has 2 aromatic rings. The summed E-state index contributed by atoms with van der Waals surface area (Å²) in [5, 5.41) is 5.48. The Kier molecular flexibility index (Phi) is 8.42. The molecule has 0 aliphatic rings. The number of carbonyl (C=O) groups excluding carboxylic acids is 2. The van der Waals surface area contributed by atoms with Crippen LogP contribution in [0.5, 0.6) is 5.75 Å². The normalized spacial score (nSPS) is 11.3. The molecular formula is C24H33N3O3. The van der Waals surface area contributed by atoms with Crippen molar-refractivity contribution in [2.24, 2.45) is 0 Å². The zero-order valence-electron chi connectivity index (χ0n) is 18.6. The first-order valence-corrected chi connectivity index (χ1v) is 10.2. The molecule has 6 heteroatoms. The lowest BCUT2D eigenvalue weighted by Crippen LogP contribution is -2.36. The highest BCUT2D eigenvalue weighted by Gasteiger charge is 2.13. The summed E-state index contributed by atoms with van der Waals surface area (Å²) in [6.45, 7) is 8.31. The Labute approximate surface area is 179 Å². The SMILES string of the molecule is CNC(=O)c1ccc(CN(C)CC(=O)NCCOc2ccc(C(C)(C)C)cc2)cc1. The van der Waals surface area contributed by atoms with E-state index in [-0.39, 0.29) is 23.8 Å². The molecule has 0 saturated carbocycles. The maximum Gasteiger partial charge on any atom is 0.251 e. The molecule has 0 atom stereocenters. The number of nitrogens with zero attached hydrogens (tertiary/aromatic N) is 1. The molecule has 0 heterocycles. The van der Waals surface area contributed by atoms with Gasteiger partial charge in [-0.3, -0.25) is 14.5 Å². The highest BCUT2D eigenvalue weighted by molar-refractivity contribution is 5.93. The smallest absolute Gasteiger partial charge is 0.251 e. The van der Waals surface area contributed by atoms with E-state index >= 15 is 0 Å². The van der Waals surface area contributed by atoms with Crippen LogP contribution >= 0.6 is 0 Å². The molecule has 2 rings (SSSR count). The molecule has 2 N–H and O–H groups in total.